The van der Waals surface area contributed by atoms with Crippen molar-refractivity contribution in [2.75, 3.05) is 0 Å². The van der Waals surface area contributed by atoms with E-state index in [9.17, 15) is 0 Å². The standard InChI is InChI=1S/C24H33N2/c1-16-10-13-20-21(14-16)26(24(6,7)8)22(25(20)9)19-15-18(23(3,4)5)12-11-17(19)2/h10-15H,1-9H3/q+1. The van der Waals surface area contributed by atoms with Gasteiger partial charge < -0.3 is 0 Å². The van der Waals surface area contributed by atoms with Gasteiger partial charge >= 0.3 is 0 Å². The van der Waals surface area contributed by atoms with Gasteiger partial charge in [0.2, 0.25) is 0 Å². The summed E-state index contributed by atoms with van der Waals surface area (Å²) in [6.07, 6.45) is 0. The second-order valence-electron chi connectivity index (χ2n) is 9.66. The monoisotopic (exact) mass is 349 g/mol. The highest BCUT2D eigenvalue weighted by Gasteiger charge is 2.33. The predicted molar refractivity (Wildman–Crippen MR) is 112 cm³/mol. The van der Waals surface area contributed by atoms with E-state index in [1.807, 2.05) is 0 Å². The molecule has 3 rings (SSSR count). The number of rotatable bonds is 1. The molecule has 3 aromatic rings. The molecule has 2 heteroatoms. The Morgan fingerprint density at radius 2 is 1.50 bits per heavy atom. The van der Waals surface area contributed by atoms with Crippen LogP contribution in [0.4, 0.5) is 0 Å². The smallest absolute Gasteiger partial charge is 0.226 e. The normalized spacial score (nSPS) is 12.8. The highest BCUT2D eigenvalue weighted by atomic mass is 15.2. The van der Waals surface area contributed by atoms with Crippen molar-refractivity contribution in [3.8, 4) is 11.4 Å². The van der Waals surface area contributed by atoms with Gasteiger partial charge in [-0.2, -0.15) is 0 Å². The first-order valence-corrected chi connectivity index (χ1v) is 9.54. The summed E-state index contributed by atoms with van der Waals surface area (Å²) in [5, 5.41) is 0. The molecule has 0 atom stereocenters. The molecule has 1 aromatic heterocycles. The third kappa shape index (κ3) is 3.06. The van der Waals surface area contributed by atoms with Crippen LogP contribution in [0.25, 0.3) is 22.4 Å². The molecule has 0 radical (unpaired) electrons. The summed E-state index contributed by atoms with van der Waals surface area (Å²) in [6, 6.07) is 13.7. The molecular formula is C24H33N2+. The van der Waals surface area contributed by atoms with E-state index in [4.69, 9.17) is 0 Å². The van der Waals surface area contributed by atoms with Crippen LogP contribution in [0.1, 0.15) is 58.2 Å². The lowest BCUT2D eigenvalue weighted by Crippen LogP contribution is -2.33. The SMILES string of the molecule is Cc1ccc2c(c1)n(C(C)(C)C)c(-c1cc(C(C)(C)C)ccc1C)[n+]2C. The van der Waals surface area contributed by atoms with E-state index in [1.54, 1.807) is 0 Å². The molecule has 1 heterocycles. The van der Waals surface area contributed by atoms with E-state index < -0.39 is 0 Å². The van der Waals surface area contributed by atoms with Crippen LogP contribution in [-0.2, 0) is 18.0 Å². The molecule has 0 aliphatic rings. The molecule has 0 fully saturated rings. The molecule has 2 nitrogen and oxygen atoms in total. The third-order valence-electron chi connectivity index (χ3n) is 5.28. The minimum absolute atomic E-state index is 0.00713. The largest absolute Gasteiger partial charge is 0.290 e. The molecule has 0 aliphatic heterocycles. The van der Waals surface area contributed by atoms with E-state index in [1.165, 1.54) is 39.1 Å². The Bertz CT molecular complexity index is 976. The zero-order valence-corrected chi connectivity index (χ0v) is 17.9. The molecule has 0 saturated heterocycles. The van der Waals surface area contributed by atoms with E-state index in [2.05, 4.69) is 108 Å². The predicted octanol–water partition coefficient (Wildman–Crippen LogP) is 5.80. The Morgan fingerprint density at radius 3 is 2.08 bits per heavy atom. The maximum atomic E-state index is 2.50. The van der Waals surface area contributed by atoms with Crippen LogP contribution in [0.15, 0.2) is 36.4 Å². The second kappa shape index (κ2) is 5.97. The van der Waals surface area contributed by atoms with Gasteiger partial charge in [0.1, 0.15) is 5.54 Å². The zero-order chi connectivity index (χ0) is 19.4. The van der Waals surface area contributed by atoms with Gasteiger partial charge in [0.25, 0.3) is 5.82 Å². The summed E-state index contributed by atoms with van der Waals surface area (Å²) in [4.78, 5) is 0. The van der Waals surface area contributed by atoms with Crippen LogP contribution >= 0.6 is 0 Å². The van der Waals surface area contributed by atoms with Gasteiger partial charge in [-0.1, -0.05) is 39.0 Å². The van der Waals surface area contributed by atoms with Crippen molar-refractivity contribution in [3.63, 3.8) is 0 Å². The van der Waals surface area contributed by atoms with E-state index >= 15 is 0 Å². The molecule has 0 aliphatic carbocycles. The summed E-state index contributed by atoms with van der Waals surface area (Å²) >= 11 is 0. The van der Waals surface area contributed by atoms with Crippen molar-refractivity contribution < 1.29 is 4.57 Å². The Kier molecular flexibility index (Phi) is 4.29. The molecule has 26 heavy (non-hydrogen) atoms. The second-order valence-corrected chi connectivity index (χ2v) is 9.66. The van der Waals surface area contributed by atoms with Crippen molar-refractivity contribution in [2.24, 2.45) is 7.05 Å². The maximum Gasteiger partial charge on any atom is 0.290 e. The van der Waals surface area contributed by atoms with Crippen LogP contribution in [0, 0.1) is 13.8 Å². The number of aromatic nitrogens is 2. The van der Waals surface area contributed by atoms with Crippen LogP contribution in [0.3, 0.4) is 0 Å². The first-order chi connectivity index (χ1) is 11.9. The summed E-state index contributed by atoms with van der Waals surface area (Å²) in [5.41, 5.74) is 8.02. The van der Waals surface area contributed by atoms with Gasteiger partial charge in [-0.3, -0.25) is 0 Å². The van der Waals surface area contributed by atoms with E-state index in [-0.39, 0.29) is 11.0 Å². The number of nitrogens with zero attached hydrogens (tertiary/aromatic N) is 2. The molecule has 2 aromatic carbocycles. The number of hydrogen-bond donors (Lipinski definition) is 0. The highest BCUT2D eigenvalue weighted by Crippen LogP contribution is 2.34. The number of fused-ring (bicyclic) bond motifs is 1. The first kappa shape index (κ1) is 18.7. The molecule has 0 N–H and O–H groups in total. The fourth-order valence-corrected chi connectivity index (χ4v) is 3.78. The molecule has 0 spiro atoms. The lowest BCUT2D eigenvalue weighted by atomic mass is 9.85. The average molecular weight is 350 g/mol. The zero-order valence-electron chi connectivity index (χ0n) is 17.9. The van der Waals surface area contributed by atoms with Crippen molar-refractivity contribution in [2.45, 2.75) is 66.3 Å². The van der Waals surface area contributed by atoms with E-state index in [0.29, 0.717) is 0 Å². The minimum Gasteiger partial charge on any atom is -0.226 e. The van der Waals surface area contributed by atoms with Crippen LogP contribution < -0.4 is 4.57 Å². The van der Waals surface area contributed by atoms with Crippen LogP contribution in [0.2, 0.25) is 0 Å². The Labute approximate surface area is 158 Å². The Morgan fingerprint density at radius 1 is 0.846 bits per heavy atom. The topological polar surface area (TPSA) is 8.81 Å². The van der Waals surface area contributed by atoms with E-state index in [0.717, 1.165) is 0 Å². The van der Waals surface area contributed by atoms with Crippen molar-refractivity contribution in [1.82, 2.24) is 4.57 Å². The fourth-order valence-electron chi connectivity index (χ4n) is 3.78. The third-order valence-corrected chi connectivity index (χ3v) is 5.28. The van der Waals surface area contributed by atoms with Gasteiger partial charge in [-0.25, -0.2) is 9.13 Å². The van der Waals surface area contributed by atoms with Crippen molar-refractivity contribution >= 4 is 11.0 Å². The minimum atomic E-state index is -0.00713. The lowest BCUT2D eigenvalue weighted by molar-refractivity contribution is -0.634. The van der Waals surface area contributed by atoms with Gasteiger partial charge in [0.15, 0.2) is 11.0 Å². The fraction of sp³-hybridized carbons (Fsp3) is 0.458. The Balaban J connectivity index is 2.45. The highest BCUT2D eigenvalue weighted by molar-refractivity contribution is 5.78. The Hall–Kier alpha value is -2.09. The van der Waals surface area contributed by atoms with Gasteiger partial charge in [-0.05, 0) is 74.9 Å². The summed E-state index contributed by atoms with van der Waals surface area (Å²) in [7, 11) is 2.19. The van der Waals surface area contributed by atoms with Crippen molar-refractivity contribution in [3.05, 3.63) is 53.1 Å². The average Bonchev–Trinajstić information content (AvgIpc) is 2.78. The number of hydrogen-bond acceptors (Lipinski definition) is 0. The molecule has 0 amide bonds. The molecule has 0 saturated carbocycles. The van der Waals surface area contributed by atoms with Gasteiger partial charge in [0, 0.05) is 0 Å². The molecule has 0 unspecified atom stereocenters. The number of aryl methyl sites for hydroxylation is 3. The summed E-state index contributed by atoms with van der Waals surface area (Å²) in [6.45, 7) is 18.1. The molecule has 0 bridgehead atoms. The lowest BCUT2D eigenvalue weighted by Gasteiger charge is -2.22. The van der Waals surface area contributed by atoms with Crippen LogP contribution in [-0.4, -0.2) is 4.57 Å². The number of imidazole rings is 1. The maximum absolute atomic E-state index is 2.50. The van der Waals surface area contributed by atoms with Gasteiger partial charge in [-0.15, -0.1) is 0 Å². The molecular weight excluding hydrogens is 316 g/mol. The molecule has 138 valence electrons. The number of benzene rings is 2. The summed E-state index contributed by atoms with van der Waals surface area (Å²) in [5.74, 6) is 1.28. The van der Waals surface area contributed by atoms with Crippen LogP contribution in [0.5, 0.6) is 0 Å². The summed E-state index contributed by atoms with van der Waals surface area (Å²) < 4.78 is 4.86. The van der Waals surface area contributed by atoms with Crippen molar-refractivity contribution in [1.29, 1.82) is 0 Å². The quantitative estimate of drug-likeness (QED) is 0.491. The van der Waals surface area contributed by atoms with Gasteiger partial charge in [0.05, 0.1) is 12.6 Å². The first-order valence-electron chi connectivity index (χ1n) is 9.54.